The number of benzene rings is 3. The lowest BCUT2D eigenvalue weighted by Gasteiger charge is -2.15. The number of carbonyl (C=O) groups is 1. The molecule has 3 aromatic rings. The fourth-order valence-electron chi connectivity index (χ4n) is 2.95. The number of hydrogen-bond acceptors (Lipinski definition) is 4. The molecular formula is C25H19I2NO4. The van der Waals surface area contributed by atoms with Crippen LogP contribution in [0.4, 0.5) is 0 Å². The molecule has 0 amide bonds. The maximum Gasteiger partial charge on any atom is 0.335 e. The molecule has 3 aromatic carbocycles. The molecule has 0 unspecified atom stereocenters. The van der Waals surface area contributed by atoms with Crippen LogP contribution in [0.25, 0.3) is 11.6 Å². The standard InChI is InChI=1S/C25H19I2NO4/c1-2-31-23-13-17(11-20(14-28)18-5-7-19(8-6-18)25(29)30)12-22(27)24(23)32-15-16-3-9-21(26)10-4-16/h3-13H,2,15H2,1H3,(H,29,30)/b20-11-. The van der Waals surface area contributed by atoms with Gasteiger partial charge in [0.05, 0.1) is 27.4 Å². The molecule has 0 fully saturated rings. The molecule has 0 aliphatic carbocycles. The number of aromatic carboxylic acids is 1. The molecule has 162 valence electrons. The molecule has 3 rings (SSSR count). The molecule has 0 atom stereocenters. The van der Waals surface area contributed by atoms with E-state index in [2.05, 4.69) is 51.3 Å². The fourth-order valence-corrected chi connectivity index (χ4v) is 4.09. The van der Waals surface area contributed by atoms with Gasteiger partial charge in [-0.05, 0) is 111 Å². The highest BCUT2D eigenvalue weighted by Gasteiger charge is 2.13. The average molecular weight is 651 g/mol. The Morgan fingerprint density at radius 1 is 1.03 bits per heavy atom. The van der Waals surface area contributed by atoms with Crippen LogP contribution in [-0.4, -0.2) is 17.7 Å². The molecule has 0 aliphatic rings. The summed E-state index contributed by atoms with van der Waals surface area (Å²) < 4.78 is 13.9. The lowest BCUT2D eigenvalue weighted by Crippen LogP contribution is -2.02. The molecular weight excluding hydrogens is 632 g/mol. The Balaban J connectivity index is 1.90. The zero-order valence-corrected chi connectivity index (χ0v) is 21.5. The van der Waals surface area contributed by atoms with Crippen molar-refractivity contribution in [3.05, 3.63) is 90.1 Å². The highest BCUT2D eigenvalue weighted by molar-refractivity contribution is 14.1. The van der Waals surface area contributed by atoms with Crippen LogP contribution >= 0.6 is 45.2 Å². The first-order valence-electron chi connectivity index (χ1n) is 9.70. The second-order valence-corrected chi connectivity index (χ2v) is 9.14. The van der Waals surface area contributed by atoms with Gasteiger partial charge in [-0.25, -0.2) is 4.79 Å². The van der Waals surface area contributed by atoms with Crippen molar-refractivity contribution in [1.82, 2.24) is 0 Å². The summed E-state index contributed by atoms with van der Waals surface area (Å²) in [7, 11) is 0. The predicted octanol–water partition coefficient (Wildman–Crippen LogP) is 6.64. The second kappa shape index (κ2) is 11.3. The normalized spacial score (nSPS) is 11.0. The molecule has 0 radical (unpaired) electrons. The van der Waals surface area contributed by atoms with Gasteiger partial charge in [0.25, 0.3) is 0 Å². The minimum atomic E-state index is -1.00. The zero-order chi connectivity index (χ0) is 23.1. The summed E-state index contributed by atoms with van der Waals surface area (Å²) in [5, 5.41) is 18.7. The number of rotatable bonds is 8. The molecule has 0 spiro atoms. The first-order chi connectivity index (χ1) is 15.4. The van der Waals surface area contributed by atoms with E-state index >= 15 is 0 Å². The Morgan fingerprint density at radius 3 is 2.28 bits per heavy atom. The highest BCUT2D eigenvalue weighted by atomic mass is 127. The number of nitriles is 1. The summed E-state index contributed by atoms with van der Waals surface area (Å²) in [6, 6.07) is 20.3. The number of ether oxygens (including phenoxy) is 2. The minimum absolute atomic E-state index is 0.175. The third kappa shape index (κ3) is 6.23. The molecule has 7 heteroatoms. The van der Waals surface area contributed by atoms with Crippen molar-refractivity contribution in [2.75, 3.05) is 6.61 Å². The molecule has 0 saturated heterocycles. The highest BCUT2D eigenvalue weighted by Crippen LogP contribution is 2.36. The molecule has 0 heterocycles. The van der Waals surface area contributed by atoms with Crippen LogP contribution in [0.15, 0.2) is 60.7 Å². The summed E-state index contributed by atoms with van der Waals surface area (Å²) >= 11 is 4.47. The zero-order valence-electron chi connectivity index (χ0n) is 17.1. The number of nitrogens with zero attached hydrogens (tertiary/aromatic N) is 1. The maximum atomic E-state index is 11.1. The Bertz CT molecular complexity index is 1180. The van der Waals surface area contributed by atoms with Crippen LogP contribution < -0.4 is 9.47 Å². The first kappa shape index (κ1) is 24.1. The van der Waals surface area contributed by atoms with Gasteiger partial charge >= 0.3 is 5.97 Å². The van der Waals surface area contributed by atoms with Gasteiger partial charge in [0, 0.05) is 3.57 Å². The number of halogens is 2. The topological polar surface area (TPSA) is 79.5 Å². The Morgan fingerprint density at radius 2 is 1.69 bits per heavy atom. The number of hydrogen-bond donors (Lipinski definition) is 1. The largest absolute Gasteiger partial charge is 0.490 e. The van der Waals surface area contributed by atoms with E-state index in [0.717, 1.165) is 18.3 Å². The van der Waals surface area contributed by atoms with Gasteiger partial charge in [-0.1, -0.05) is 24.3 Å². The van der Waals surface area contributed by atoms with Crippen LogP contribution in [0.2, 0.25) is 0 Å². The van der Waals surface area contributed by atoms with Crippen molar-refractivity contribution < 1.29 is 19.4 Å². The summed E-state index contributed by atoms with van der Waals surface area (Å²) in [6.07, 6.45) is 1.75. The molecule has 5 nitrogen and oxygen atoms in total. The third-order valence-corrected chi connectivity index (χ3v) is 6.02. The van der Waals surface area contributed by atoms with E-state index in [9.17, 15) is 10.1 Å². The molecule has 32 heavy (non-hydrogen) atoms. The van der Waals surface area contributed by atoms with Crippen LogP contribution in [-0.2, 0) is 6.61 Å². The molecule has 0 saturated carbocycles. The fraction of sp³-hybridized carbons (Fsp3) is 0.120. The summed E-state index contributed by atoms with van der Waals surface area (Å²) in [6.45, 7) is 2.80. The Labute approximate surface area is 214 Å². The van der Waals surface area contributed by atoms with Crippen LogP contribution in [0.5, 0.6) is 11.5 Å². The van der Waals surface area contributed by atoms with Crippen LogP contribution in [0.3, 0.4) is 0 Å². The lowest BCUT2D eigenvalue weighted by atomic mass is 10.0. The maximum absolute atomic E-state index is 11.1. The lowest BCUT2D eigenvalue weighted by molar-refractivity contribution is 0.0697. The Hall–Kier alpha value is -2.58. The van der Waals surface area contributed by atoms with E-state index in [1.807, 2.05) is 43.3 Å². The van der Waals surface area contributed by atoms with E-state index in [0.29, 0.717) is 35.8 Å². The summed E-state index contributed by atoms with van der Waals surface area (Å²) in [4.78, 5) is 11.1. The van der Waals surface area contributed by atoms with Crippen molar-refractivity contribution in [1.29, 1.82) is 5.26 Å². The van der Waals surface area contributed by atoms with Crippen LogP contribution in [0, 0.1) is 18.5 Å². The third-order valence-electron chi connectivity index (χ3n) is 4.50. The van der Waals surface area contributed by atoms with E-state index < -0.39 is 5.97 Å². The van der Waals surface area contributed by atoms with Crippen molar-refractivity contribution in [2.45, 2.75) is 13.5 Å². The van der Waals surface area contributed by atoms with Crippen molar-refractivity contribution >= 4 is 62.8 Å². The molecule has 1 N–H and O–H groups in total. The van der Waals surface area contributed by atoms with Crippen molar-refractivity contribution in [2.24, 2.45) is 0 Å². The molecule has 0 aromatic heterocycles. The average Bonchev–Trinajstić information content (AvgIpc) is 2.78. The monoisotopic (exact) mass is 651 g/mol. The summed E-state index contributed by atoms with van der Waals surface area (Å²) in [5.74, 6) is 0.262. The van der Waals surface area contributed by atoms with Gasteiger partial charge < -0.3 is 14.6 Å². The SMILES string of the molecule is CCOc1cc(/C=C(/C#N)c2ccc(C(=O)O)cc2)cc(I)c1OCc1ccc(I)cc1. The van der Waals surface area contributed by atoms with Gasteiger partial charge in [0.15, 0.2) is 11.5 Å². The van der Waals surface area contributed by atoms with Crippen molar-refractivity contribution in [3.63, 3.8) is 0 Å². The summed E-state index contributed by atoms with van der Waals surface area (Å²) in [5.41, 5.74) is 3.09. The predicted molar refractivity (Wildman–Crippen MR) is 141 cm³/mol. The Kier molecular flexibility index (Phi) is 8.53. The van der Waals surface area contributed by atoms with E-state index in [-0.39, 0.29) is 5.56 Å². The van der Waals surface area contributed by atoms with E-state index in [4.69, 9.17) is 14.6 Å². The molecule has 0 bridgehead atoms. The number of allylic oxidation sites excluding steroid dienone is 1. The van der Waals surface area contributed by atoms with E-state index in [1.165, 1.54) is 12.1 Å². The van der Waals surface area contributed by atoms with Gasteiger partial charge in [0.1, 0.15) is 6.61 Å². The quantitative estimate of drug-likeness (QED) is 0.168. The van der Waals surface area contributed by atoms with Crippen LogP contribution in [0.1, 0.15) is 34.0 Å². The molecule has 0 aliphatic heterocycles. The first-order valence-corrected chi connectivity index (χ1v) is 11.9. The van der Waals surface area contributed by atoms with Crippen molar-refractivity contribution in [3.8, 4) is 17.6 Å². The van der Waals surface area contributed by atoms with E-state index in [1.54, 1.807) is 18.2 Å². The van der Waals surface area contributed by atoms with Gasteiger partial charge in [0.2, 0.25) is 0 Å². The van der Waals surface area contributed by atoms with Gasteiger partial charge in [-0.3, -0.25) is 0 Å². The van der Waals surface area contributed by atoms with Gasteiger partial charge in [-0.2, -0.15) is 5.26 Å². The minimum Gasteiger partial charge on any atom is -0.490 e. The smallest absolute Gasteiger partial charge is 0.335 e. The number of carboxylic acid groups (broad SMARTS) is 1. The number of carboxylic acids is 1. The second-order valence-electron chi connectivity index (χ2n) is 6.73. The van der Waals surface area contributed by atoms with Gasteiger partial charge in [-0.15, -0.1) is 0 Å².